The highest BCUT2D eigenvalue weighted by atomic mass is 35.5. The quantitative estimate of drug-likeness (QED) is 0.510. The Bertz CT molecular complexity index is 660. The van der Waals surface area contributed by atoms with Gasteiger partial charge >= 0.3 is 0 Å². The van der Waals surface area contributed by atoms with E-state index < -0.39 is 0 Å². The van der Waals surface area contributed by atoms with Crippen LogP contribution in [0.15, 0.2) is 54.6 Å². The first kappa shape index (κ1) is 20.3. The van der Waals surface area contributed by atoms with Crippen molar-refractivity contribution in [3.8, 4) is 0 Å². The van der Waals surface area contributed by atoms with Crippen LogP contribution in [0.5, 0.6) is 0 Å². The molecule has 0 saturated carbocycles. The van der Waals surface area contributed by atoms with E-state index in [2.05, 4.69) is 62.7 Å². The second-order valence-electron chi connectivity index (χ2n) is 6.96. The van der Waals surface area contributed by atoms with Crippen LogP contribution in [0.2, 0.25) is 5.02 Å². The molecule has 1 heterocycles. The molecule has 2 aromatic carbocycles. The summed E-state index contributed by atoms with van der Waals surface area (Å²) in [5, 5.41) is 0.782. The number of nitrogens with one attached hydrogen (secondary N) is 1. The minimum Gasteiger partial charge on any atom is -0.301 e. The molecule has 0 radical (unpaired) electrons. The molecule has 5 nitrogen and oxygen atoms in total. The van der Waals surface area contributed by atoms with Gasteiger partial charge in [-0.1, -0.05) is 54.1 Å². The average Bonchev–Trinajstić information content (AvgIpc) is 2.71. The van der Waals surface area contributed by atoms with Gasteiger partial charge in [-0.3, -0.25) is 4.90 Å². The largest absolute Gasteiger partial charge is 0.301 e. The molecule has 27 heavy (non-hydrogen) atoms. The highest BCUT2D eigenvalue weighted by Gasteiger charge is 2.26. The van der Waals surface area contributed by atoms with Crippen LogP contribution in [0.1, 0.15) is 30.0 Å². The lowest BCUT2D eigenvalue weighted by atomic mass is 9.96. The van der Waals surface area contributed by atoms with Crippen molar-refractivity contribution >= 4 is 11.6 Å². The maximum absolute atomic E-state index is 6.11. The average molecular weight is 389 g/mol. The molecule has 1 aliphatic heterocycles. The molecule has 0 aliphatic carbocycles. The maximum Gasteiger partial charge on any atom is 0.0602 e. The number of nitrogens with two attached hydrogens (primary N) is 1. The number of halogens is 1. The first-order valence-electron chi connectivity index (χ1n) is 9.63. The summed E-state index contributed by atoms with van der Waals surface area (Å²) in [7, 11) is 0. The fraction of sp³-hybridized carbons (Fsp3) is 0.429. The van der Waals surface area contributed by atoms with Crippen LogP contribution in [0.3, 0.4) is 0 Å². The molecule has 146 valence electrons. The Morgan fingerprint density at radius 2 is 1.59 bits per heavy atom. The van der Waals surface area contributed by atoms with Crippen LogP contribution in [-0.2, 0) is 4.94 Å². The van der Waals surface area contributed by atoms with E-state index in [-0.39, 0.29) is 6.04 Å². The van der Waals surface area contributed by atoms with Crippen molar-refractivity contribution in [1.29, 1.82) is 0 Å². The SMILES string of the molecule is NONCCCCN1CCN([C@H](c2ccccc2)c2ccc(Cl)cc2)CC1. The molecule has 3 rings (SSSR count). The summed E-state index contributed by atoms with van der Waals surface area (Å²) in [6, 6.07) is 19.3. The summed E-state index contributed by atoms with van der Waals surface area (Å²) >= 11 is 6.11. The molecule has 1 aliphatic rings. The van der Waals surface area contributed by atoms with Crippen LogP contribution in [0.4, 0.5) is 0 Å². The van der Waals surface area contributed by atoms with E-state index in [1.807, 2.05) is 12.1 Å². The van der Waals surface area contributed by atoms with Gasteiger partial charge in [0.25, 0.3) is 0 Å². The van der Waals surface area contributed by atoms with Crippen molar-refractivity contribution in [1.82, 2.24) is 15.3 Å². The molecule has 1 atom stereocenters. The Labute approximate surface area is 167 Å². The van der Waals surface area contributed by atoms with Gasteiger partial charge in [0.15, 0.2) is 0 Å². The van der Waals surface area contributed by atoms with Crippen molar-refractivity contribution in [2.75, 3.05) is 39.3 Å². The Hall–Kier alpha value is -1.47. The Morgan fingerprint density at radius 1 is 0.926 bits per heavy atom. The normalized spacial score (nSPS) is 17.1. The minimum absolute atomic E-state index is 0.275. The zero-order valence-corrected chi connectivity index (χ0v) is 16.4. The molecule has 6 heteroatoms. The van der Waals surface area contributed by atoms with E-state index in [9.17, 15) is 0 Å². The summed E-state index contributed by atoms with van der Waals surface area (Å²) in [5.41, 5.74) is 5.32. The minimum atomic E-state index is 0.275. The van der Waals surface area contributed by atoms with Crippen LogP contribution in [0.25, 0.3) is 0 Å². The molecule has 0 spiro atoms. The number of rotatable bonds is 9. The number of hydrogen-bond donors (Lipinski definition) is 2. The molecule has 3 N–H and O–H groups in total. The fourth-order valence-corrected chi connectivity index (χ4v) is 3.86. The zero-order chi connectivity index (χ0) is 18.9. The topological polar surface area (TPSA) is 53.8 Å². The number of hydrogen-bond acceptors (Lipinski definition) is 5. The molecule has 2 aromatic rings. The van der Waals surface area contributed by atoms with Gasteiger partial charge in [-0.15, -0.1) is 0 Å². The lowest BCUT2D eigenvalue weighted by Gasteiger charge is -2.40. The van der Waals surface area contributed by atoms with Crippen LogP contribution >= 0.6 is 11.6 Å². The van der Waals surface area contributed by atoms with Crippen molar-refractivity contribution < 1.29 is 4.94 Å². The van der Waals surface area contributed by atoms with Gasteiger partial charge in [0.1, 0.15) is 0 Å². The van der Waals surface area contributed by atoms with E-state index in [0.29, 0.717) is 0 Å². The van der Waals surface area contributed by atoms with E-state index in [1.54, 1.807) is 0 Å². The third kappa shape index (κ3) is 6.01. The predicted molar refractivity (Wildman–Crippen MR) is 110 cm³/mol. The first-order valence-corrected chi connectivity index (χ1v) is 10.0. The second kappa shape index (κ2) is 10.8. The number of hydroxylamine groups is 1. The number of piperazine rings is 1. The maximum atomic E-state index is 6.11. The van der Waals surface area contributed by atoms with E-state index in [0.717, 1.165) is 57.1 Å². The van der Waals surface area contributed by atoms with Gasteiger partial charge < -0.3 is 4.90 Å². The van der Waals surface area contributed by atoms with Gasteiger partial charge in [0.05, 0.1) is 6.04 Å². The van der Waals surface area contributed by atoms with Gasteiger partial charge in [-0.05, 0) is 42.6 Å². The Morgan fingerprint density at radius 3 is 2.26 bits per heavy atom. The lowest BCUT2D eigenvalue weighted by Crippen LogP contribution is -2.48. The van der Waals surface area contributed by atoms with Crippen molar-refractivity contribution in [2.24, 2.45) is 5.90 Å². The first-order chi connectivity index (χ1) is 13.3. The molecule has 0 aromatic heterocycles. The zero-order valence-electron chi connectivity index (χ0n) is 15.7. The molecule has 0 amide bonds. The van der Waals surface area contributed by atoms with Gasteiger partial charge in [0.2, 0.25) is 0 Å². The third-order valence-electron chi connectivity index (χ3n) is 5.16. The van der Waals surface area contributed by atoms with Crippen LogP contribution in [0, 0.1) is 0 Å². The Kier molecular flexibility index (Phi) is 8.08. The smallest absolute Gasteiger partial charge is 0.0602 e. The summed E-state index contributed by atoms with van der Waals surface area (Å²) in [5.74, 6) is 4.97. The number of benzene rings is 2. The van der Waals surface area contributed by atoms with Crippen molar-refractivity contribution in [3.63, 3.8) is 0 Å². The number of unbranched alkanes of at least 4 members (excludes halogenated alkanes) is 1. The molecular weight excluding hydrogens is 360 g/mol. The van der Waals surface area contributed by atoms with Gasteiger partial charge in [-0.2, -0.15) is 11.4 Å². The van der Waals surface area contributed by atoms with Crippen LogP contribution < -0.4 is 11.4 Å². The van der Waals surface area contributed by atoms with E-state index in [1.165, 1.54) is 11.1 Å². The fourth-order valence-electron chi connectivity index (χ4n) is 3.73. The molecule has 1 fully saturated rings. The second-order valence-corrected chi connectivity index (χ2v) is 7.40. The van der Waals surface area contributed by atoms with Crippen molar-refractivity contribution in [3.05, 3.63) is 70.7 Å². The summed E-state index contributed by atoms with van der Waals surface area (Å²) in [6.45, 7) is 6.23. The van der Waals surface area contributed by atoms with Gasteiger partial charge in [-0.25, -0.2) is 4.94 Å². The molecular formula is C21H29ClN4O. The summed E-state index contributed by atoms with van der Waals surface area (Å²) in [6.07, 6.45) is 2.21. The standard InChI is InChI=1S/C21H29ClN4O/c22-20-10-8-19(9-11-20)21(18-6-2-1-3-7-18)26-16-14-25(15-17-26)13-5-4-12-24-27-23/h1-3,6-11,21,24H,4-5,12-17,23H2/t21-/m1/s1. The molecule has 1 saturated heterocycles. The van der Waals surface area contributed by atoms with E-state index >= 15 is 0 Å². The highest BCUT2D eigenvalue weighted by Crippen LogP contribution is 2.30. The molecule has 0 bridgehead atoms. The highest BCUT2D eigenvalue weighted by molar-refractivity contribution is 6.30. The summed E-state index contributed by atoms with van der Waals surface area (Å²) < 4.78 is 0. The van der Waals surface area contributed by atoms with Crippen LogP contribution in [-0.4, -0.2) is 49.1 Å². The number of nitrogens with zero attached hydrogens (tertiary/aromatic N) is 2. The Balaban J connectivity index is 1.61. The van der Waals surface area contributed by atoms with E-state index in [4.69, 9.17) is 17.5 Å². The lowest BCUT2D eigenvalue weighted by molar-refractivity contribution is 0.0391. The monoisotopic (exact) mass is 388 g/mol. The predicted octanol–water partition coefficient (Wildman–Crippen LogP) is 3.22. The third-order valence-corrected chi connectivity index (χ3v) is 5.41. The van der Waals surface area contributed by atoms with Gasteiger partial charge in [0, 0.05) is 37.7 Å². The molecule has 0 unspecified atom stereocenters. The van der Waals surface area contributed by atoms with Crippen molar-refractivity contribution in [2.45, 2.75) is 18.9 Å². The summed E-state index contributed by atoms with van der Waals surface area (Å²) in [4.78, 5) is 9.51.